The van der Waals surface area contributed by atoms with Crippen LogP contribution in [-0.2, 0) is 0 Å². The van der Waals surface area contributed by atoms with Crippen LogP contribution in [0.15, 0.2) is 11.3 Å². The number of allylic oxidation sites excluding steroid dienone is 2. The number of piperazine rings is 1. The summed E-state index contributed by atoms with van der Waals surface area (Å²) < 4.78 is 0. The molecule has 0 aromatic heterocycles. The van der Waals surface area contributed by atoms with Crippen LogP contribution in [0, 0.1) is 0 Å². The van der Waals surface area contributed by atoms with Crippen molar-refractivity contribution >= 4 is 0 Å². The van der Waals surface area contributed by atoms with E-state index in [2.05, 4.69) is 30.7 Å². The summed E-state index contributed by atoms with van der Waals surface area (Å²) in [6.07, 6.45) is 2.66. The first-order valence-electron chi connectivity index (χ1n) is 5.30. The van der Waals surface area contributed by atoms with Gasteiger partial charge in [-0.2, -0.15) is 0 Å². The highest BCUT2D eigenvalue weighted by molar-refractivity contribution is 5.15. The van der Waals surface area contributed by atoms with E-state index in [1.165, 1.54) is 32.5 Å². The van der Waals surface area contributed by atoms with E-state index in [9.17, 15) is 0 Å². The van der Waals surface area contributed by atoms with Crippen molar-refractivity contribution in [1.82, 2.24) is 9.80 Å². The van der Waals surface area contributed by atoms with Crippen LogP contribution in [-0.4, -0.2) is 42.5 Å². The van der Waals surface area contributed by atoms with Crippen molar-refractivity contribution in [2.75, 3.05) is 26.7 Å². The lowest BCUT2D eigenvalue weighted by molar-refractivity contribution is 0.105. The average Bonchev–Trinajstić information content (AvgIpc) is 2.12. The van der Waals surface area contributed by atoms with Gasteiger partial charge in [0.05, 0.1) is 0 Å². The molecule has 2 heteroatoms. The molecule has 0 aromatic rings. The summed E-state index contributed by atoms with van der Waals surface area (Å²) >= 11 is 0. The highest BCUT2D eigenvalue weighted by Gasteiger charge is 2.28. The summed E-state index contributed by atoms with van der Waals surface area (Å²) in [7, 11) is 2.23. The first-order chi connectivity index (χ1) is 6.18. The Morgan fingerprint density at radius 3 is 2.77 bits per heavy atom. The lowest BCUT2D eigenvalue weighted by Crippen LogP contribution is -2.52. The molecule has 2 heterocycles. The van der Waals surface area contributed by atoms with Crippen molar-refractivity contribution in [2.45, 2.75) is 32.7 Å². The summed E-state index contributed by atoms with van der Waals surface area (Å²) in [4.78, 5) is 5.06. The third-order valence-electron chi connectivity index (χ3n) is 3.59. The van der Waals surface area contributed by atoms with Crippen LogP contribution in [0.4, 0.5) is 0 Å². The predicted octanol–water partition coefficient (Wildman–Crippen LogP) is 1.69. The summed E-state index contributed by atoms with van der Waals surface area (Å²) in [6.45, 7) is 8.27. The molecule has 0 bridgehead atoms. The van der Waals surface area contributed by atoms with Gasteiger partial charge in [0.15, 0.2) is 0 Å². The lowest BCUT2D eigenvalue weighted by atomic mass is 9.95. The van der Waals surface area contributed by atoms with Gasteiger partial charge in [-0.25, -0.2) is 0 Å². The van der Waals surface area contributed by atoms with Gasteiger partial charge in [0.25, 0.3) is 0 Å². The molecule has 2 rings (SSSR count). The maximum atomic E-state index is 2.61. The van der Waals surface area contributed by atoms with E-state index in [1.807, 2.05) is 0 Å². The second-order valence-corrected chi connectivity index (χ2v) is 4.51. The molecule has 0 N–H and O–H groups in total. The zero-order valence-electron chi connectivity index (χ0n) is 9.01. The second kappa shape index (κ2) is 3.33. The number of nitrogens with zero attached hydrogens (tertiary/aromatic N) is 2. The molecule has 2 aliphatic rings. The number of rotatable bonds is 0. The maximum absolute atomic E-state index is 2.61. The van der Waals surface area contributed by atoms with E-state index in [4.69, 9.17) is 0 Å². The molecule has 0 saturated carbocycles. The third kappa shape index (κ3) is 1.60. The van der Waals surface area contributed by atoms with E-state index >= 15 is 0 Å². The predicted molar refractivity (Wildman–Crippen MR) is 55.6 cm³/mol. The number of fused-ring (bicyclic) bond motifs is 1. The number of likely N-dealkylation sites (N-methyl/N-ethyl adjacent to an activating group) is 1. The molecule has 0 aliphatic carbocycles. The molecular weight excluding hydrogens is 160 g/mol. The minimum Gasteiger partial charge on any atom is -0.370 e. The van der Waals surface area contributed by atoms with Crippen molar-refractivity contribution in [2.24, 2.45) is 0 Å². The fraction of sp³-hybridized carbons (Fsp3) is 0.818. The normalized spacial score (nSPS) is 30.7. The second-order valence-electron chi connectivity index (χ2n) is 4.51. The van der Waals surface area contributed by atoms with Gasteiger partial charge in [0, 0.05) is 31.4 Å². The lowest BCUT2D eigenvalue weighted by Gasteiger charge is -2.45. The molecule has 74 valence electrons. The SMILES string of the molecule is CC1=C(C)N2CCN(C)CC2CC1. The Hall–Kier alpha value is -0.500. The molecule has 2 aliphatic heterocycles. The Kier molecular flexibility index (Phi) is 2.33. The van der Waals surface area contributed by atoms with Crippen molar-refractivity contribution in [3.63, 3.8) is 0 Å². The van der Waals surface area contributed by atoms with Crippen LogP contribution in [0.3, 0.4) is 0 Å². The Labute approximate surface area is 81.2 Å². The number of hydrogen-bond donors (Lipinski definition) is 0. The molecule has 1 atom stereocenters. The van der Waals surface area contributed by atoms with E-state index in [1.54, 1.807) is 11.3 Å². The fourth-order valence-electron chi connectivity index (χ4n) is 2.51. The highest BCUT2D eigenvalue weighted by Crippen LogP contribution is 2.28. The minimum atomic E-state index is 0.794. The summed E-state index contributed by atoms with van der Waals surface area (Å²) in [6, 6.07) is 0.794. The van der Waals surface area contributed by atoms with Crippen molar-refractivity contribution in [3.05, 3.63) is 11.3 Å². The quantitative estimate of drug-likeness (QED) is 0.560. The molecule has 1 fully saturated rings. The van der Waals surface area contributed by atoms with Crippen LogP contribution in [0.25, 0.3) is 0 Å². The van der Waals surface area contributed by atoms with Crippen molar-refractivity contribution < 1.29 is 0 Å². The van der Waals surface area contributed by atoms with Gasteiger partial charge >= 0.3 is 0 Å². The molecule has 0 radical (unpaired) electrons. The van der Waals surface area contributed by atoms with Gasteiger partial charge in [0.2, 0.25) is 0 Å². The van der Waals surface area contributed by atoms with Gasteiger partial charge in [0.1, 0.15) is 0 Å². The van der Waals surface area contributed by atoms with E-state index in [0.717, 1.165) is 6.04 Å². The van der Waals surface area contributed by atoms with Gasteiger partial charge < -0.3 is 9.80 Å². The van der Waals surface area contributed by atoms with Gasteiger partial charge in [-0.1, -0.05) is 5.57 Å². The summed E-state index contributed by atoms with van der Waals surface area (Å²) in [5.41, 5.74) is 3.14. The van der Waals surface area contributed by atoms with Gasteiger partial charge in [-0.05, 0) is 33.7 Å². The van der Waals surface area contributed by atoms with Crippen LogP contribution < -0.4 is 0 Å². The van der Waals surface area contributed by atoms with Crippen molar-refractivity contribution in [1.29, 1.82) is 0 Å². The van der Waals surface area contributed by atoms with Crippen molar-refractivity contribution in [3.8, 4) is 0 Å². The highest BCUT2D eigenvalue weighted by atomic mass is 15.3. The molecule has 13 heavy (non-hydrogen) atoms. The standard InChI is InChI=1S/C11H20N2/c1-9-4-5-11-8-12(3)6-7-13(11)10(9)2/h11H,4-8H2,1-3H3. The third-order valence-corrected chi connectivity index (χ3v) is 3.59. The first kappa shape index (κ1) is 9.07. The molecule has 0 aromatic carbocycles. The Morgan fingerprint density at radius 1 is 1.23 bits per heavy atom. The maximum Gasteiger partial charge on any atom is 0.0417 e. The van der Waals surface area contributed by atoms with Crippen LogP contribution in [0.1, 0.15) is 26.7 Å². The summed E-state index contributed by atoms with van der Waals surface area (Å²) in [5.74, 6) is 0. The van der Waals surface area contributed by atoms with E-state index in [-0.39, 0.29) is 0 Å². The monoisotopic (exact) mass is 180 g/mol. The van der Waals surface area contributed by atoms with Crippen LogP contribution in [0.5, 0.6) is 0 Å². The summed E-state index contributed by atoms with van der Waals surface area (Å²) in [5, 5.41) is 0. The molecule has 0 amide bonds. The zero-order valence-corrected chi connectivity index (χ0v) is 9.01. The molecular formula is C11H20N2. The fourth-order valence-corrected chi connectivity index (χ4v) is 2.51. The first-order valence-corrected chi connectivity index (χ1v) is 5.30. The largest absolute Gasteiger partial charge is 0.370 e. The average molecular weight is 180 g/mol. The zero-order chi connectivity index (χ0) is 9.42. The van der Waals surface area contributed by atoms with E-state index in [0.29, 0.717) is 0 Å². The molecule has 1 unspecified atom stereocenters. The molecule has 1 saturated heterocycles. The van der Waals surface area contributed by atoms with E-state index < -0.39 is 0 Å². The van der Waals surface area contributed by atoms with Crippen LogP contribution in [0.2, 0.25) is 0 Å². The topological polar surface area (TPSA) is 6.48 Å². The van der Waals surface area contributed by atoms with Crippen LogP contribution >= 0.6 is 0 Å². The van der Waals surface area contributed by atoms with Gasteiger partial charge in [-0.15, -0.1) is 0 Å². The Balaban J connectivity index is 2.14. The Morgan fingerprint density at radius 2 is 2.00 bits per heavy atom. The smallest absolute Gasteiger partial charge is 0.0417 e. The minimum absolute atomic E-state index is 0.794. The Bertz CT molecular complexity index is 232. The van der Waals surface area contributed by atoms with Gasteiger partial charge in [-0.3, -0.25) is 0 Å². The molecule has 2 nitrogen and oxygen atoms in total. The number of hydrogen-bond acceptors (Lipinski definition) is 2. The molecule has 0 spiro atoms.